The van der Waals surface area contributed by atoms with Crippen LogP contribution in [0.25, 0.3) is 0 Å². The summed E-state index contributed by atoms with van der Waals surface area (Å²) in [6.07, 6.45) is 4.77. The van der Waals surface area contributed by atoms with Gasteiger partial charge in [-0.3, -0.25) is 4.79 Å². The van der Waals surface area contributed by atoms with E-state index < -0.39 is 0 Å². The summed E-state index contributed by atoms with van der Waals surface area (Å²) in [5.41, 5.74) is 1.24. The summed E-state index contributed by atoms with van der Waals surface area (Å²) in [6, 6.07) is 5.19. The molecule has 0 aromatic carbocycles. The van der Waals surface area contributed by atoms with Crippen molar-refractivity contribution in [1.29, 1.82) is 0 Å². The zero-order valence-corrected chi connectivity index (χ0v) is 15.9. The minimum absolute atomic E-state index is 0.0376. The second-order valence-corrected chi connectivity index (χ2v) is 6.47. The zero-order valence-electron chi connectivity index (χ0n) is 15.1. The average Bonchev–Trinajstić information content (AvgIpc) is 2.70. The van der Waals surface area contributed by atoms with Crippen LogP contribution in [0.2, 0.25) is 5.02 Å². The van der Waals surface area contributed by atoms with Crippen molar-refractivity contribution in [3.63, 3.8) is 0 Å². The second kappa shape index (κ2) is 9.53. The fraction of sp³-hybridized carbons (Fsp3) is 0.421. The molecule has 0 spiro atoms. The maximum Gasteiger partial charge on any atom is 0.253 e. The molecule has 27 heavy (non-hydrogen) atoms. The highest BCUT2D eigenvalue weighted by atomic mass is 35.5. The number of pyridine rings is 2. The van der Waals surface area contributed by atoms with Crippen LogP contribution in [0.1, 0.15) is 35.7 Å². The highest BCUT2D eigenvalue weighted by Crippen LogP contribution is 2.25. The lowest BCUT2D eigenvalue weighted by Gasteiger charge is -2.23. The minimum Gasteiger partial charge on any atom is -0.478 e. The number of carbonyl (C=O) groups excluding carboxylic acids is 1. The van der Waals surface area contributed by atoms with Gasteiger partial charge in [-0.1, -0.05) is 17.7 Å². The maximum absolute atomic E-state index is 12.3. The molecule has 0 atom stereocenters. The predicted molar refractivity (Wildman–Crippen MR) is 100 cm³/mol. The van der Waals surface area contributed by atoms with Gasteiger partial charge in [0, 0.05) is 37.8 Å². The summed E-state index contributed by atoms with van der Waals surface area (Å²) in [5.74, 6) is 0.635. The van der Waals surface area contributed by atoms with E-state index in [2.05, 4.69) is 15.3 Å². The van der Waals surface area contributed by atoms with Crippen molar-refractivity contribution < 1.29 is 19.0 Å². The number of ether oxygens (including phenoxy) is 3. The Labute approximate surface area is 163 Å². The number of halogens is 1. The molecule has 3 rings (SSSR count). The van der Waals surface area contributed by atoms with Crippen molar-refractivity contribution in [2.45, 2.75) is 32.4 Å². The van der Waals surface area contributed by atoms with E-state index >= 15 is 0 Å². The average molecular weight is 392 g/mol. The summed E-state index contributed by atoms with van der Waals surface area (Å²) < 4.78 is 16.4. The van der Waals surface area contributed by atoms with Crippen molar-refractivity contribution in [2.75, 3.05) is 19.8 Å². The summed E-state index contributed by atoms with van der Waals surface area (Å²) >= 11 is 6.23. The first-order chi connectivity index (χ1) is 13.2. The van der Waals surface area contributed by atoms with Crippen LogP contribution in [0.5, 0.6) is 11.8 Å². The Bertz CT molecular complexity index is 764. The lowest BCUT2D eigenvalue weighted by atomic mass is 10.1. The van der Waals surface area contributed by atoms with Crippen LogP contribution >= 0.6 is 11.6 Å². The normalized spacial score (nSPS) is 14.6. The molecule has 2 aromatic heterocycles. The van der Waals surface area contributed by atoms with Gasteiger partial charge in [0.1, 0.15) is 11.1 Å². The molecule has 0 aliphatic carbocycles. The van der Waals surface area contributed by atoms with Crippen molar-refractivity contribution in [3.05, 3.63) is 46.7 Å². The molecule has 1 fully saturated rings. The van der Waals surface area contributed by atoms with Crippen molar-refractivity contribution >= 4 is 17.5 Å². The van der Waals surface area contributed by atoms with Crippen LogP contribution in [0.3, 0.4) is 0 Å². The molecule has 1 saturated heterocycles. The van der Waals surface area contributed by atoms with Crippen LogP contribution in [0.4, 0.5) is 0 Å². The van der Waals surface area contributed by atoms with Crippen LogP contribution in [0, 0.1) is 0 Å². The summed E-state index contributed by atoms with van der Waals surface area (Å²) in [5, 5.41) is 3.14. The Morgan fingerprint density at radius 3 is 2.78 bits per heavy atom. The van der Waals surface area contributed by atoms with Crippen LogP contribution in [-0.2, 0) is 11.3 Å². The molecule has 1 aliphatic rings. The Morgan fingerprint density at radius 2 is 2.11 bits per heavy atom. The van der Waals surface area contributed by atoms with E-state index in [1.165, 1.54) is 6.20 Å². The lowest BCUT2D eigenvalue weighted by molar-refractivity contribution is 0.0238. The van der Waals surface area contributed by atoms with Gasteiger partial charge >= 0.3 is 0 Å². The number of hydrogen-bond donors (Lipinski definition) is 1. The molecule has 144 valence electrons. The molecular formula is C19H22ClN3O4. The molecule has 8 heteroatoms. The molecule has 1 aliphatic heterocycles. The van der Waals surface area contributed by atoms with Crippen molar-refractivity contribution in [2.24, 2.45) is 0 Å². The Kier molecular flexibility index (Phi) is 6.84. The van der Waals surface area contributed by atoms with E-state index in [-0.39, 0.29) is 12.0 Å². The third-order valence-electron chi connectivity index (χ3n) is 4.06. The van der Waals surface area contributed by atoms with Gasteiger partial charge < -0.3 is 19.5 Å². The molecule has 0 saturated carbocycles. The zero-order chi connectivity index (χ0) is 19.1. The van der Waals surface area contributed by atoms with Gasteiger partial charge in [-0.2, -0.15) is 0 Å². The SMILES string of the molecule is CCOc1ccc(CNC(=O)c2cnc(OC3CCOCC3)c(Cl)c2)cn1. The standard InChI is InChI=1S/C19H22ClN3O4/c1-2-26-17-4-3-13(10-21-17)11-22-18(24)14-9-16(20)19(23-12-14)27-15-5-7-25-8-6-15/h3-4,9-10,12,15H,2,5-8,11H2,1H3,(H,22,24). The number of rotatable bonds is 7. The van der Waals surface area contributed by atoms with Gasteiger partial charge in [-0.05, 0) is 18.6 Å². The predicted octanol–water partition coefficient (Wildman–Crippen LogP) is 3.02. The van der Waals surface area contributed by atoms with Crippen LogP contribution < -0.4 is 14.8 Å². The third kappa shape index (κ3) is 5.55. The first-order valence-corrected chi connectivity index (χ1v) is 9.29. The Morgan fingerprint density at radius 1 is 1.30 bits per heavy atom. The quantitative estimate of drug-likeness (QED) is 0.781. The first-order valence-electron chi connectivity index (χ1n) is 8.91. The van der Waals surface area contributed by atoms with Gasteiger partial charge in [0.2, 0.25) is 11.8 Å². The first kappa shape index (κ1) is 19.4. The Balaban J connectivity index is 1.55. The van der Waals surface area contributed by atoms with E-state index in [1.54, 1.807) is 18.3 Å². The van der Waals surface area contributed by atoms with E-state index in [4.69, 9.17) is 25.8 Å². The van der Waals surface area contributed by atoms with Crippen molar-refractivity contribution in [1.82, 2.24) is 15.3 Å². The molecule has 0 unspecified atom stereocenters. The highest BCUT2D eigenvalue weighted by Gasteiger charge is 2.18. The highest BCUT2D eigenvalue weighted by molar-refractivity contribution is 6.32. The number of nitrogens with one attached hydrogen (secondary N) is 1. The lowest BCUT2D eigenvalue weighted by Crippen LogP contribution is -2.26. The number of amides is 1. The molecule has 1 amide bonds. The fourth-order valence-corrected chi connectivity index (χ4v) is 2.83. The number of aromatic nitrogens is 2. The molecular weight excluding hydrogens is 370 g/mol. The monoisotopic (exact) mass is 391 g/mol. The maximum atomic E-state index is 12.3. The van der Waals surface area contributed by atoms with E-state index in [9.17, 15) is 4.79 Å². The van der Waals surface area contributed by atoms with Gasteiger partial charge in [-0.25, -0.2) is 9.97 Å². The smallest absolute Gasteiger partial charge is 0.253 e. The van der Waals surface area contributed by atoms with Gasteiger partial charge in [0.15, 0.2) is 0 Å². The van der Waals surface area contributed by atoms with Gasteiger partial charge in [0.05, 0.1) is 25.4 Å². The van der Waals surface area contributed by atoms with E-state index in [1.807, 2.05) is 13.0 Å². The van der Waals surface area contributed by atoms with Gasteiger partial charge in [-0.15, -0.1) is 0 Å². The van der Waals surface area contributed by atoms with Crippen LogP contribution in [-0.4, -0.2) is 41.8 Å². The third-order valence-corrected chi connectivity index (χ3v) is 4.33. The summed E-state index contributed by atoms with van der Waals surface area (Å²) in [7, 11) is 0. The molecule has 1 N–H and O–H groups in total. The molecule has 7 nitrogen and oxygen atoms in total. The number of carbonyl (C=O) groups is 1. The number of hydrogen-bond acceptors (Lipinski definition) is 6. The van der Waals surface area contributed by atoms with E-state index in [0.29, 0.717) is 48.7 Å². The van der Waals surface area contributed by atoms with Crippen molar-refractivity contribution in [3.8, 4) is 11.8 Å². The summed E-state index contributed by atoms with van der Waals surface area (Å²) in [6.45, 7) is 4.14. The largest absolute Gasteiger partial charge is 0.478 e. The fourth-order valence-electron chi connectivity index (χ4n) is 2.62. The summed E-state index contributed by atoms with van der Waals surface area (Å²) in [4.78, 5) is 20.7. The molecule has 2 aromatic rings. The Hall–Kier alpha value is -2.38. The van der Waals surface area contributed by atoms with Gasteiger partial charge in [0.25, 0.3) is 5.91 Å². The topological polar surface area (TPSA) is 82.6 Å². The molecule has 0 bridgehead atoms. The molecule has 3 heterocycles. The second-order valence-electron chi connectivity index (χ2n) is 6.06. The van der Waals surface area contributed by atoms with E-state index in [0.717, 1.165) is 18.4 Å². The van der Waals surface area contributed by atoms with Crippen LogP contribution in [0.15, 0.2) is 30.6 Å². The molecule has 0 radical (unpaired) electrons. The minimum atomic E-state index is -0.268. The number of nitrogens with zero attached hydrogens (tertiary/aromatic N) is 2.